The van der Waals surface area contributed by atoms with Gasteiger partial charge in [0.25, 0.3) is 11.6 Å². The minimum absolute atomic E-state index is 0.213. The number of aromatic nitrogens is 4. The van der Waals surface area contributed by atoms with Crippen LogP contribution in [0.3, 0.4) is 0 Å². The maximum absolute atomic E-state index is 11.0. The van der Waals surface area contributed by atoms with E-state index >= 15 is 0 Å². The summed E-state index contributed by atoms with van der Waals surface area (Å²) in [5.41, 5.74) is 1.34. The third kappa shape index (κ3) is 1.75. The predicted octanol–water partition coefficient (Wildman–Crippen LogP) is 2.24. The number of nitrogens with zero attached hydrogens (tertiary/aromatic N) is 4. The molecule has 1 N–H and O–H groups in total. The van der Waals surface area contributed by atoms with Gasteiger partial charge in [0.15, 0.2) is 5.76 Å². The number of carbonyl (C=O) groups is 1. The summed E-state index contributed by atoms with van der Waals surface area (Å²) in [7, 11) is 0. The van der Waals surface area contributed by atoms with Gasteiger partial charge in [0.05, 0.1) is 0 Å². The molecule has 102 valence electrons. The molecule has 0 amide bonds. The molecule has 7 nitrogen and oxygen atoms in total. The van der Waals surface area contributed by atoms with Gasteiger partial charge < -0.3 is 9.52 Å². The second-order valence-corrected chi connectivity index (χ2v) is 4.43. The maximum Gasteiger partial charge on any atom is 0.375 e. The lowest BCUT2D eigenvalue weighted by atomic mass is 10.2. The Morgan fingerprint density at radius 1 is 1.24 bits per heavy atom. The summed E-state index contributed by atoms with van der Waals surface area (Å²) in [6.07, 6.45) is 1.54. The smallest absolute Gasteiger partial charge is 0.375 e. The van der Waals surface area contributed by atoms with Crippen LogP contribution in [0, 0.1) is 0 Å². The van der Waals surface area contributed by atoms with Crippen molar-refractivity contribution in [3.8, 4) is 11.5 Å². The zero-order chi connectivity index (χ0) is 14.4. The Kier molecular flexibility index (Phi) is 2.28. The molecule has 0 aliphatic carbocycles. The van der Waals surface area contributed by atoms with Crippen LogP contribution in [0.4, 0.5) is 0 Å². The summed E-state index contributed by atoms with van der Waals surface area (Å²) < 4.78 is 7.13. The molecule has 0 radical (unpaired) electrons. The lowest BCUT2D eigenvalue weighted by Crippen LogP contribution is -2.00. The van der Waals surface area contributed by atoms with E-state index in [-0.39, 0.29) is 11.6 Å². The molecule has 0 fully saturated rings. The first-order valence-electron chi connectivity index (χ1n) is 6.16. The normalized spacial score (nSPS) is 11.2. The Morgan fingerprint density at radius 3 is 2.90 bits per heavy atom. The summed E-state index contributed by atoms with van der Waals surface area (Å²) in [5.74, 6) is -0.710. The van der Waals surface area contributed by atoms with E-state index < -0.39 is 5.97 Å². The predicted molar refractivity (Wildman–Crippen MR) is 72.9 cm³/mol. The van der Waals surface area contributed by atoms with Gasteiger partial charge in [-0.1, -0.05) is 18.2 Å². The average Bonchev–Trinajstić information content (AvgIpc) is 3.10. The third-order valence-electron chi connectivity index (χ3n) is 3.11. The van der Waals surface area contributed by atoms with Crippen LogP contribution in [-0.4, -0.2) is 30.7 Å². The van der Waals surface area contributed by atoms with E-state index in [9.17, 15) is 4.79 Å². The van der Waals surface area contributed by atoms with Gasteiger partial charge in [-0.2, -0.15) is 9.50 Å². The van der Waals surface area contributed by atoms with Gasteiger partial charge in [-0.15, -0.1) is 5.10 Å². The number of carboxylic acids is 1. The van der Waals surface area contributed by atoms with Gasteiger partial charge in [-0.05, 0) is 18.2 Å². The summed E-state index contributed by atoms with van der Waals surface area (Å²) >= 11 is 0. The molecule has 4 aromatic rings. The molecule has 0 aliphatic heterocycles. The van der Waals surface area contributed by atoms with Crippen molar-refractivity contribution in [1.29, 1.82) is 0 Å². The maximum atomic E-state index is 11.0. The first-order valence-corrected chi connectivity index (χ1v) is 6.16. The number of para-hydroxylation sites is 1. The van der Waals surface area contributed by atoms with E-state index in [1.165, 1.54) is 10.7 Å². The SMILES string of the molecule is O=C(O)c1nc2nccc(-c3cc4ccccc4o3)n2n1. The van der Waals surface area contributed by atoms with Crippen molar-refractivity contribution >= 4 is 22.7 Å². The molecule has 7 heteroatoms. The first kappa shape index (κ1) is 11.6. The molecule has 3 aromatic heterocycles. The number of fused-ring (bicyclic) bond motifs is 2. The van der Waals surface area contributed by atoms with Crippen molar-refractivity contribution in [2.24, 2.45) is 0 Å². The minimum atomic E-state index is -1.20. The number of furan rings is 1. The zero-order valence-electron chi connectivity index (χ0n) is 10.6. The second kappa shape index (κ2) is 4.14. The molecule has 4 rings (SSSR count). The van der Waals surface area contributed by atoms with Gasteiger partial charge in [0.1, 0.15) is 11.3 Å². The van der Waals surface area contributed by atoms with Gasteiger partial charge in [-0.3, -0.25) is 0 Å². The summed E-state index contributed by atoms with van der Waals surface area (Å²) in [5, 5.41) is 13.9. The van der Waals surface area contributed by atoms with Crippen LogP contribution < -0.4 is 0 Å². The molecular weight excluding hydrogens is 272 g/mol. The number of hydrogen-bond acceptors (Lipinski definition) is 5. The largest absolute Gasteiger partial charge is 0.475 e. The zero-order valence-corrected chi connectivity index (χ0v) is 10.6. The molecule has 0 bridgehead atoms. The number of carboxylic acid groups (broad SMARTS) is 1. The van der Waals surface area contributed by atoms with Crippen LogP contribution in [0.1, 0.15) is 10.6 Å². The van der Waals surface area contributed by atoms with Crippen molar-refractivity contribution < 1.29 is 14.3 Å². The van der Waals surface area contributed by atoms with Crippen molar-refractivity contribution in [1.82, 2.24) is 19.6 Å². The Balaban J connectivity index is 1.98. The monoisotopic (exact) mass is 280 g/mol. The van der Waals surface area contributed by atoms with E-state index in [4.69, 9.17) is 9.52 Å². The number of aromatic carboxylic acids is 1. The van der Waals surface area contributed by atoms with Gasteiger partial charge >= 0.3 is 5.97 Å². The van der Waals surface area contributed by atoms with Crippen LogP contribution in [0.15, 0.2) is 47.0 Å². The lowest BCUT2D eigenvalue weighted by molar-refractivity contribution is 0.0684. The van der Waals surface area contributed by atoms with Crippen molar-refractivity contribution in [3.05, 3.63) is 48.4 Å². The summed E-state index contributed by atoms with van der Waals surface area (Å²) in [6.45, 7) is 0. The molecule has 3 heterocycles. The van der Waals surface area contributed by atoms with Crippen LogP contribution in [0.25, 0.3) is 28.2 Å². The molecule has 0 saturated heterocycles. The van der Waals surface area contributed by atoms with Crippen molar-refractivity contribution in [3.63, 3.8) is 0 Å². The summed E-state index contributed by atoms with van der Waals surface area (Å²) in [4.78, 5) is 18.8. The number of benzene rings is 1. The fourth-order valence-corrected chi connectivity index (χ4v) is 2.18. The van der Waals surface area contributed by atoms with Crippen molar-refractivity contribution in [2.75, 3.05) is 0 Å². The molecule has 0 spiro atoms. The second-order valence-electron chi connectivity index (χ2n) is 4.43. The highest BCUT2D eigenvalue weighted by atomic mass is 16.4. The van der Waals surface area contributed by atoms with E-state index in [0.717, 1.165) is 11.0 Å². The molecule has 0 aliphatic rings. The first-order chi connectivity index (χ1) is 10.2. The van der Waals surface area contributed by atoms with E-state index in [0.29, 0.717) is 11.5 Å². The van der Waals surface area contributed by atoms with Crippen molar-refractivity contribution in [2.45, 2.75) is 0 Å². The van der Waals surface area contributed by atoms with Gasteiger partial charge in [-0.25, -0.2) is 9.78 Å². The highest BCUT2D eigenvalue weighted by molar-refractivity contribution is 5.84. The summed E-state index contributed by atoms with van der Waals surface area (Å²) in [6, 6.07) is 11.2. The lowest BCUT2D eigenvalue weighted by Gasteiger charge is -1.98. The number of hydrogen-bond donors (Lipinski definition) is 1. The molecule has 0 atom stereocenters. The Labute approximate surface area is 117 Å². The number of rotatable bonds is 2. The quantitative estimate of drug-likeness (QED) is 0.605. The van der Waals surface area contributed by atoms with Crippen LogP contribution >= 0.6 is 0 Å². The Hall–Kier alpha value is -3.22. The molecule has 0 unspecified atom stereocenters. The highest BCUT2D eigenvalue weighted by Gasteiger charge is 2.16. The van der Waals surface area contributed by atoms with Crippen LogP contribution in [-0.2, 0) is 0 Å². The van der Waals surface area contributed by atoms with E-state index in [1.807, 2.05) is 30.3 Å². The van der Waals surface area contributed by atoms with Gasteiger partial charge in [0.2, 0.25) is 0 Å². The minimum Gasteiger partial charge on any atom is -0.475 e. The highest BCUT2D eigenvalue weighted by Crippen LogP contribution is 2.27. The molecule has 1 aromatic carbocycles. The fourth-order valence-electron chi connectivity index (χ4n) is 2.18. The Bertz CT molecular complexity index is 953. The van der Waals surface area contributed by atoms with Gasteiger partial charge in [0, 0.05) is 11.6 Å². The molecule has 21 heavy (non-hydrogen) atoms. The van der Waals surface area contributed by atoms with Crippen LogP contribution in [0.2, 0.25) is 0 Å². The molecular formula is C14H8N4O3. The third-order valence-corrected chi connectivity index (χ3v) is 3.11. The van der Waals surface area contributed by atoms with E-state index in [2.05, 4.69) is 15.1 Å². The topological polar surface area (TPSA) is 93.5 Å². The molecule has 0 saturated carbocycles. The Morgan fingerprint density at radius 2 is 2.10 bits per heavy atom. The van der Waals surface area contributed by atoms with E-state index in [1.54, 1.807) is 6.07 Å². The van der Waals surface area contributed by atoms with Crippen LogP contribution in [0.5, 0.6) is 0 Å². The average molecular weight is 280 g/mol. The standard InChI is InChI=1S/C14H8N4O3/c19-13(20)12-16-14-15-6-5-9(18(14)17-12)11-7-8-3-1-2-4-10(8)21-11/h1-7H,(H,19,20). The fraction of sp³-hybridized carbons (Fsp3) is 0.